The largest absolute Gasteiger partial charge is 0.488 e. The molecule has 4 rings (SSSR count). The first-order valence-electron chi connectivity index (χ1n) is 10.8. The minimum atomic E-state index is -4.58. The van der Waals surface area contributed by atoms with Crippen molar-refractivity contribution in [3.05, 3.63) is 98.9 Å². The number of thioether (sulfide) groups is 1. The van der Waals surface area contributed by atoms with Gasteiger partial charge in [-0.3, -0.25) is 19.3 Å². The van der Waals surface area contributed by atoms with Gasteiger partial charge in [0.25, 0.3) is 11.1 Å². The molecule has 1 aliphatic heterocycles. The quantitative estimate of drug-likeness (QED) is 0.309. The second-order valence-corrected chi connectivity index (χ2v) is 9.76. The van der Waals surface area contributed by atoms with Crippen LogP contribution in [0.4, 0.5) is 23.7 Å². The Kier molecular flexibility index (Phi) is 8.03. The van der Waals surface area contributed by atoms with Gasteiger partial charge in [0, 0.05) is 15.7 Å². The van der Waals surface area contributed by atoms with Crippen molar-refractivity contribution in [3.63, 3.8) is 0 Å². The minimum absolute atomic E-state index is 0.0829. The van der Waals surface area contributed by atoms with Crippen LogP contribution in [0.15, 0.2) is 82.2 Å². The topological polar surface area (TPSA) is 75.7 Å². The molecule has 1 heterocycles. The Hall–Kier alpha value is -3.57. The molecule has 11 heteroatoms. The third kappa shape index (κ3) is 6.80. The smallest absolute Gasteiger partial charge is 0.416 e. The van der Waals surface area contributed by atoms with Gasteiger partial charge in [0.1, 0.15) is 18.9 Å². The number of rotatable bonds is 7. The lowest BCUT2D eigenvalue weighted by atomic mass is 10.1. The van der Waals surface area contributed by atoms with E-state index in [1.54, 1.807) is 18.2 Å². The molecule has 3 aromatic carbocycles. The van der Waals surface area contributed by atoms with Crippen LogP contribution in [0.25, 0.3) is 6.08 Å². The van der Waals surface area contributed by atoms with Crippen molar-refractivity contribution < 1.29 is 32.3 Å². The van der Waals surface area contributed by atoms with Crippen LogP contribution in [0.5, 0.6) is 5.75 Å². The molecular formula is C26H18BrF3N2O4S. The Morgan fingerprint density at radius 1 is 1.03 bits per heavy atom. The predicted octanol–water partition coefficient (Wildman–Crippen LogP) is 6.72. The molecule has 6 nitrogen and oxygen atoms in total. The summed E-state index contributed by atoms with van der Waals surface area (Å²) in [6.07, 6.45) is -3.07. The molecule has 1 saturated heterocycles. The Balaban J connectivity index is 1.47. The Morgan fingerprint density at radius 2 is 1.78 bits per heavy atom. The van der Waals surface area contributed by atoms with Crippen LogP contribution in [0.2, 0.25) is 0 Å². The summed E-state index contributed by atoms with van der Waals surface area (Å²) in [5.74, 6) is -1.01. The van der Waals surface area contributed by atoms with E-state index in [0.29, 0.717) is 29.7 Å². The van der Waals surface area contributed by atoms with Gasteiger partial charge in [-0.05, 0) is 59.8 Å². The number of hydrogen-bond acceptors (Lipinski definition) is 5. The highest BCUT2D eigenvalue weighted by molar-refractivity contribution is 9.10. The Labute approximate surface area is 222 Å². The molecule has 0 unspecified atom stereocenters. The molecule has 1 fully saturated rings. The van der Waals surface area contributed by atoms with Crippen molar-refractivity contribution in [2.24, 2.45) is 0 Å². The molecule has 3 amide bonds. The van der Waals surface area contributed by atoms with Crippen LogP contribution in [0, 0.1) is 0 Å². The number of alkyl halides is 3. The Morgan fingerprint density at radius 3 is 2.51 bits per heavy atom. The van der Waals surface area contributed by atoms with E-state index in [1.807, 2.05) is 30.3 Å². The van der Waals surface area contributed by atoms with Crippen molar-refractivity contribution in [1.29, 1.82) is 0 Å². The van der Waals surface area contributed by atoms with Gasteiger partial charge in [-0.25, -0.2) is 0 Å². The average molecular weight is 591 g/mol. The zero-order valence-corrected chi connectivity index (χ0v) is 21.3. The first kappa shape index (κ1) is 26.5. The molecule has 0 bridgehead atoms. The first-order valence-corrected chi connectivity index (χ1v) is 12.4. The highest BCUT2D eigenvalue weighted by atomic mass is 79.9. The molecule has 0 radical (unpaired) electrons. The molecule has 3 aromatic rings. The lowest BCUT2D eigenvalue weighted by molar-refractivity contribution is -0.137. The molecule has 0 aromatic heterocycles. The maximum Gasteiger partial charge on any atom is 0.416 e. The van der Waals surface area contributed by atoms with E-state index < -0.39 is 35.3 Å². The van der Waals surface area contributed by atoms with Crippen molar-refractivity contribution in [3.8, 4) is 5.75 Å². The molecule has 190 valence electrons. The summed E-state index contributed by atoms with van der Waals surface area (Å²) in [5, 5.41) is 1.63. The summed E-state index contributed by atoms with van der Waals surface area (Å²) in [6, 6.07) is 18.8. The van der Waals surface area contributed by atoms with E-state index >= 15 is 0 Å². The van der Waals surface area contributed by atoms with Crippen LogP contribution in [-0.4, -0.2) is 28.5 Å². The number of carbonyl (C=O) groups is 3. The number of amides is 3. The monoisotopic (exact) mass is 590 g/mol. The normalized spacial score (nSPS) is 14.8. The summed E-state index contributed by atoms with van der Waals surface area (Å²) in [6.45, 7) is -0.353. The van der Waals surface area contributed by atoms with Crippen LogP contribution < -0.4 is 10.1 Å². The summed E-state index contributed by atoms with van der Waals surface area (Å²) < 4.78 is 45.4. The Bertz CT molecular complexity index is 1380. The van der Waals surface area contributed by atoms with E-state index in [1.165, 1.54) is 12.1 Å². The number of carbonyl (C=O) groups excluding carboxylic acids is 3. The fourth-order valence-electron chi connectivity index (χ4n) is 3.39. The fraction of sp³-hybridized carbons (Fsp3) is 0.115. The highest BCUT2D eigenvalue weighted by Crippen LogP contribution is 2.35. The molecule has 0 aliphatic carbocycles. The third-order valence-corrected chi connectivity index (χ3v) is 6.55. The maximum atomic E-state index is 12.9. The van der Waals surface area contributed by atoms with Crippen LogP contribution in [0.3, 0.4) is 0 Å². The van der Waals surface area contributed by atoms with E-state index in [4.69, 9.17) is 4.74 Å². The number of nitrogens with one attached hydrogen (secondary N) is 1. The van der Waals surface area contributed by atoms with E-state index in [-0.39, 0.29) is 10.6 Å². The standard InChI is InChI=1S/C26H18BrF3N2O4S/c27-19-9-10-21(36-15-16-5-2-1-3-6-16)17(11-19)12-22-24(34)32(25(35)37-22)14-23(33)31-20-8-4-7-18(13-20)26(28,29)30/h1-13H,14-15H2,(H,31,33)/b22-12-. The second kappa shape index (κ2) is 11.2. The van der Waals surface area contributed by atoms with Crippen molar-refractivity contribution in [2.45, 2.75) is 12.8 Å². The SMILES string of the molecule is O=C(CN1C(=O)S/C(=C\c2cc(Br)ccc2OCc2ccccc2)C1=O)Nc1cccc(C(F)(F)F)c1. The molecule has 1 aliphatic rings. The van der Waals surface area contributed by atoms with E-state index in [2.05, 4.69) is 21.2 Å². The summed E-state index contributed by atoms with van der Waals surface area (Å²) in [5.41, 5.74) is 0.461. The molecule has 0 spiro atoms. The number of benzene rings is 3. The van der Waals surface area contributed by atoms with Gasteiger partial charge in [-0.1, -0.05) is 52.3 Å². The molecule has 0 saturated carbocycles. The molecular weight excluding hydrogens is 573 g/mol. The fourth-order valence-corrected chi connectivity index (χ4v) is 4.60. The van der Waals surface area contributed by atoms with Crippen LogP contribution in [-0.2, 0) is 22.4 Å². The number of imide groups is 1. The summed E-state index contributed by atoms with van der Waals surface area (Å²) in [7, 11) is 0. The number of ether oxygens (including phenoxy) is 1. The predicted molar refractivity (Wildman–Crippen MR) is 138 cm³/mol. The van der Waals surface area contributed by atoms with E-state index in [0.717, 1.165) is 33.1 Å². The summed E-state index contributed by atoms with van der Waals surface area (Å²) >= 11 is 4.04. The van der Waals surface area contributed by atoms with Gasteiger partial charge in [0.05, 0.1) is 10.5 Å². The number of hydrogen-bond donors (Lipinski definition) is 1. The maximum absolute atomic E-state index is 12.9. The van der Waals surface area contributed by atoms with Gasteiger partial charge in [-0.2, -0.15) is 13.2 Å². The minimum Gasteiger partial charge on any atom is -0.488 e. The second-order valence-electron chi connectivity index (χ2n) is 7.85. The molecule has 0 atom stereocenters. The number of anilines is 1. The van der Waals surface area contributed by atoms with Crippen molar-refractivity contribution in [1.82, 2.24) is 4.90 Å². The van der Waals surface area contributed by atoms with E-state index in [9.17, 15) is 27.6 Å². The molecule has 1 N–H and O–H groups in total. The van der Waals surface area contributed by atoms with Crippen molar-refractivity contribution in [2.75, 3.05) is 11.9 Å². The lowest BCUT2D eigenvalue weighted by Gasteiger charge is -2.13. The van der Waals surface area contributed by atoms with Gasteiger partial charge < -0.3 is 10.1 Å². The zero-order valence-electron chi connectivity index (χ0n) is 18.9. The highest BCUT2D eigenvalue weighted by Gasteiger charge is 2.36. The lowest BCUT2D eigenvalue weighted by Crippen LogP contribution is -2.36. The van der Waals surface area contributed by atoms with Gasteiger partial charge in [0.2, 0.25) is 5.91 Å². The van der Waals surface area contributed by atoms with Gasteiger partial charge in [-0.15, -0.1) is 0 Å². The van der Waals surface area contributed by atoms with Crippen molar-refractivity contribution >= 4 is 56.5 Å². The number of halogens is 4. The zero-order chi connectivity index (χ0) is 26.6. The number of nitrogens with zero attached hydrogens (tertiary/aromatic N) is 1. The van der Waals surface area contributed by atoms with Crippen LogP contribution >= 0.6 is 27.7 Å². The third-order valence-electron chi connectivity index (χ3n) is 5.14. The summed E-state index contributed by atoms with van der Waals surface area (Å²) in [4.78, 5) is 38.6. The van der Waals surface area contributed by atoms with Crippen LogP contribution in [0.1, 0.15) is 16.7 Å². The van der Waals surface area contributed by atoms with Gasteiger partial charge in [0.15, 0.2) is 0 Å². The molecule has 37 heavy (non-hydrogen) atoms. The first-order chi connectivity index (χ1) is 17.6. The average Bonchev–Trinajstić information content (AvgIpc) is 3.11. The van der Waals surface area contributed by atoms with Gasteiger partial charge >= 0.3 is 6.18 Å².